The van der Waals surface area contributed by atoms with Crippen LogP contribution < -0.4 is 5.73 Å². The fourth-order valence-corrected chi connectivity index (χ4v) is 1.75. The van der Waals surface area contributed by atoms with Crippen molar-refractivity contribution < 1.29 is 19.8 Å². The number of likely N-dealkylation sites (N-methyl/N-ethyl adjacent to an activating group) is 1. The Labute approximate surface area is 101 Å². The number of carboxylic acids is 2. The summed E-state index contributed by atoms with van der Waals surface area (Å²) >= 11 is 0. The molecule has 98 valence electrons. The van der Waals surface area contributed by atoms with Crippen molar-refractivity contribution in [3.63, 3.8) is 0 Å². The van der Waals surface area contributed by atoms with Crippen LogP contribution in [0.5, 0.6) is 0 Å². The van der Waals surface area contributed by atoms with Gasteiger partial charge in [-0.15, -0.1) is 0 Å². The third-order valence-corrected chi connectivity index (χ3v) is 2.56. The van der Waals surface area contributed by atoms with Gasteiger partial charge in [-0.1, -0.05) is 6.42 Å². The Bertz CT molecular complexity index is 273. The molecule has 6 heteroatoms. The highest BCUT2D eigenvalue weighted by Gasteiger charge is 2.24. The Balaban J connectivity index is 0.000000304. The summed E-state index contributed by atoms with van der Waals surface area (Å²) in [6.45, 7) is 0. The molecule has 0 aromatic rings. The van der Waals surface area contributed by atoms with Gasteiger partial charge in [-0.05, 0) is 26.9 Å². The third kappa shape index (κ3) is 7.48. The quantitative estimate of drug-likeness (QED) is 0.610. The van der Waals surface area contributed by atoms with E-state index < -0.39 is 11.9 Å². The molecular formula is C11H20N2O4. The van der Waals surface area contributed by atoms with Crippen LogP contribution in [0.2, 0.25) is 0 Å². The molecule has 0 heterocycles. The molecule has 0 spiro atoms. The SMILES string of the molecule is CN(C)[C@H]1CCC[C@@H]1N.O=C(O)/C=C\C(=O)O. The molecule has 0 bridgehead atoms. The van der Waals surface area contributed by atoms with Crippen LogP contribution in [0.15, 0.2) is 12.2 Å². The first-order valence-corrected chi connectivity index (χ1v) is 5.40. The average molecular weight is 244 g/mol. The number of nitrogens with two attached hydrogens (primary N) is 1. The van der Waals surface area contributed by atoms with Gasteiger partial charge >= 0.3 is 11.9 Å². The highest BCUT2D eigenvalue weighted by molar-refractivity contribution is 5.89. The molecule has 0 aromatic heterocycles. The molecule has 0 aliphatic heterocycles. The number of rotatable bonds is 3. The maximum atomic E-state index is 9.55. The third-order valence-electron chi connectivity index (χ3n) is 2.56. The van der Waals surface area contributed by atoms with E-state index in [1.54, 1.807) is 0 Å². The van der Waals surface area contributed by atoms with Gasteiger partial charge in [-0.2, -0.15) is 0 Å². The van der Waals surface area contributed by atoms with Gasteiger partial charge in [0.05, 0.1) is 0 Å². The van der Waals surface area contributed by atoms with Crippen LogP contribution in [0.4, 0.5) is 0 Å². The summed E-state index contributed by atoms with van der Waals surface area (Å²) in [5.74, 6) is -2.51. The molecule has 0 radical (unpaired) electrons. The lowest BCUT2D eigenvalue weighted by molar-refractivity contribution is -0.134. The smallest absolute Gasteiger partial charge is 0.328 e. The first-order valence-electron chi connectivity index (χ1n) is 5.40. The summed E-state index contributed by atoms with van der Waals surface area (Å²) in [4.78, 5) is 21.3. The minimum atomic E-state index is -1.26. The number of carboxylic acid groups (broad SMARTS) is 2. The Hall–Kier alpha value is -1.40. The highest BCUT2D eigenvalue weighted by Crippen LogP contribution is 2.20. The van der Waals surface area contributed by atoms with E-state index in [9.17, 15) is 9.59 Å². The van der Waals surface area contributed by atoms with E-state index in [4.69, 9.17) is 15.9 Å². The molecule has 0 unspecified atom stereocenters. The van der Waals surface area contributed by atoms with Crippen LogP contribution >= 0.6 is 0 Å². The van der Waals surface area contributed by atoms with Crippen LogP contribution in [-0.4, -0.2) is 53.2 Å². The predicted octanol–water partition coefficient (Wildman–Crippen LogP) is 0.140. The first-order chi connectivity index (χ1) is 7.84. The van der Waals surface area contributed by atoms with Crippen LogP contribution in [0.3, 0.4) is 0 Å². The van der Waals surface area contributed by atoms with Gasteiger partial charge in [0.2, 0.25) is 0 Å². The molecule has 0 saturated heterocycles. The summed E-state index contributed by atoms with van der Waals surface area (Å²) in [5.41, 5.74) is 5.84. The van der Waals surface area contributed by atoms with Gasteiger partial charge in [0.1, 0.15) is 0 Å². The second kappa shape index (κ2) is 7.81. The normalized spacial score (nSPS) is 23.5. The summed E-state index contributed by atoms with van der Waals surface area (Å²) in [6, 6.07) is 1.07. The van der Waals surface area contributed by atoms with Gasteiger partial charge in [0.15, 0.2) is 0 Å². The van der Waals surface area contributed by atoms with Crippen molar-refractivity contribution in [2.45, 2.75) is 31.3 Å². The molecule has 2 atom stereocenters. The maximum absolute atomic E-state index is 9.55. The number of aliphatic carboxylic acids is 2. The van der Waals surface area contributed by atoms with Crippen LogP contribution in [0, 0.1) is 0 Å². The van der Waals surface area contributed by atoms with E-state index in [-0.39, 0.29) is 0 Å². The van der Waals surface area contributed by atoms with E-state index in [0.717, 1.165) is 0 Å². The van der Waals surface area contributed by atoms with Crippen molar-refractivity contribution in [2.75, 3.05) is 14.1 Å². The van der Waals surface area contributed by atoms with Gasteiger partial charge in [-0.25, -0.2) is 9.59 Å². The van der Waals surface area contributed by atoms with Crippen LogP contribution in [0.25, 0.3) is 0 Å². The predicted molar refractivity (Wildman–Crippen MR) is 63.7 cm³/mol. The fourth-order valence-electron chi connectivity index (χ4n) is 1.75. The molecule has 0 amide bonds. The van der Waals surface area contributed by atoms with E-state index in [1.165, 1.54) is 19.3 Å². The number of nitrogens with zero attached hydrogens (tertiary/aromatic N) is 1. The van der Waals surface area contributed by atoms with Gasteiger partial charge in [-0.3, -0.25) is 0 Å². The van der Waals surface area contributed by atoms with Crippen molar-refractivity contribution in [2.24, 2.45) is 5.73 Å². The lowest BCUT2D eigenvalue weighted by Gasteiger charge is -2.22. The number of carbonyl (C=O) groups is 2. The molecule has 1 saturated carbocycles. The number of hydrogen-bond donors (Lipinski definition) is 3. The van der Waals surface area contributed by atoms with E-state index >= 15 is 0 Å². The Morgan fingerprint density at radius 3 is 1.82 bits per heavy atom. The van der Waals surface area contributed by atoms with Gasteiger partial charge in [0.25, 0.3) is 0 Å². The molecule has 1 rings (SSSR count). The maximum Gasteiger partial charge on any atom is 0.328 e. The van der Waals surface area contributed by atoms with Crippen molar-refractivity contribution in [1.82, 2.24) is 4.90 Å². The lowest BCUT2D eigenvalue weighted by Crippen LogP contribution is -2.39. The van der Waals surface area contributed by atoms with Crippen molar-refractivity contribution >= 4 is 11.9 Å². The van der Waals surface area contributed by atoms with Crippen molar-refractivity contribution in [3.05, 3.63) is 12.2 Å². The zero-order valence-electron chi connectivity index (χ0n) is 10.2. The molecule has 17 heavy (non-hydrogen) atoms. The second-order valence-corrected chi connectivity index (χ2v) is 4.14. The van der Waals surface area contributed by atoms with E-state index in [0.29, 0.717) is 24.2 Å². The zero-order chi connectivity index (χ0) is 13.4. The van der Waals surface area contributed by atoms with Crippen molar-refractivity contribution in [1.29, 1.82) is 0 Å². The second-order valence-electron chi connectivity index (χ2n) is 4.14. The largest absolute Gasteiger partial charge is 0.478 e. The fraction of sp³-hybridized carbons (Fsp3) is 0.636. The molecule has 4 N–H and O–H groups in total. The highest BCUT2D eigenvalue weighted by atomic mass is 16.4. The van der Waals surface area contributed by atoms with Crippen LogP contribution in [-0.2, 0) is 9.59 Å². The standard InChI is InChI=1S/C7H16N2.C4H4O4/c1-9(2)7-5-3-4-6(7)8;5-3(6)1-2-4(7)8/h6-7H,3-5,8H2,1-2H3;1-2H,(H,5,6)(H,7,8)/b;2-1-/t6-,7-;/m0./s1. The summed E-state index contributed by atoms with van der Waals surface area (Å²) in [6.07, 6.45) is 4.92. The topological polar surface area (TPSA) is 104 Å². The lowest BCUT2D eigenvalue weighted by atomic mass is 10.2. The summed E-state index contributed by atoms with van der Waals surface area (Å²) in [5, 5.41) is 15.6. The Morgan fingerprint density at radius 2 is 1.65 bits per heavy atom. The number of hydrogen-bond acceptors (Lipinski definition) is 4. The van der Waals surface area contributed by atoms with Gasteiger partial charge < -0.3 is 20.8 Å². The molecule has 0 aromatic carbocycles. The minimum Gasteiger partial charge on any atom is -0.478 e. The zero-order valence-corrected chi connectivity index (χ0v) is 10.2. The van der Waals surface area contributed by atoms with Crippen molar-refractivity contribution in [3.8, 4) is 0 Å². The van der Waals surface area contributed by atoms with E-state index in [1.807, 2.05) is 0 Å². The Kier molecular flexibility index (Phi) is 7.16. The average Bonchev–Trinajstić information content (AvgIpc) is 2.62. The van der Waals surface area contributed by atoms with Gasteiger partial charge in [0, 0.05) is 24.2 Å². The molecular weight excluding hydrogens is 224 g/mol. The molecule has 1 aliphatic carbocycles. The van der Waals surface area contributed by atoms with Crippen LogP contribution in [0.1, 0.15) is 19.3 Å². The van der Waals surface area contributed by atoms with E-state index in [2.05, 4.69) is 19.0 Å². The molecule has 1 aliphatic rings. The minimum absolute atomic E-state index is 0.431. The summed E-state index contributed by atoms with van der Waals surface area (Å²) < 4.78 is 0. The summed E-state index contributed by atoms with van der Waals surface area (Å²) in [7, 11) is 4.21. The Morgan fingerprint density at radius 1 is 1.18 bits per heavy atom. The first kappa shape index (κ1) is 15.6. The monoisotopic (exact) mass is 244 g/mol. The molecule has 1 fully saturated rings. The molecule has 6 nitrogen and oxygen atoms in total.